The van der Waals surface area contributed by atoms with Gasteiger partial charge >= 0.3 is 0 Å². The van der Waals surface area contributed by atoms with E-state index >= 15 is 0 Å². The third kappa shape index (κ3) is 4.49. The molecule has 0 radical (unpaired) electrons. The highest BCUT2D eigenvalue weighted by atomic mass is 35.5. The maximum absolute atomic E-state index is 13.4. The first-order chi connectivity index (χ1) is 13.4. The van der Waals surface area contributed by atoms with Crippen LogP contribution in [0.3, 0.4) is 0 Å². The van der Waals surface area contributed by atoms with Gasteiger partial charge in [-0.05, 0) is 62.2 Å². The number of fused-ring (bicyclic) bond motifs is 1. The Labute approximate surface area is 175 Å². The number of hydrogen-bond donors (Lipinski definition) is 2. The average molecular weight is 420 g/mol. The molecule has 2 amide bonds. The molecular weight excluding hydrogens is 397 g/mol. The van der Waals surface area contributed by atoms with Gasteiger partial charge in [0.15, 0.2) is 0 Å². The average Bonchev–Trinajstić information content (AvgIpc) is 2.82. The Balaban J connectivity index is 1.94. The molecule has 2 aromatic rings. The first kappa shape index (κ1) is 20.6. The number of likely N-dealkylation sites (N-methyl/N-ethyl adjacent to an activating group) is 1. The number of para-hydroxylation sites is 1. The standard InChI is InChI=1S/C21H23Cl2N3O2/c1-13(24-2)20(27)25-18-10-7-14-5-3-4-6-19(14)26(21(18)28)12-15-11-16(22)8-9-17(15)23/h3-6,8-9,11,13,18,24H,7,10,12H2,1-2H3,(H,25,27)/t13?,18-/m0/s1. The molecule has 148 valence electrons. The van der Waals surface area contributed by atoms with Crippen molar-refractivity contribution >= 4 is 40.7 Å². The number of rotatable bonds is 5. The number of hydrogen-bond acceptors (Lipinski definition) is 3. The molecule has 2 N–H and O–H groups in total. The Morgan fingerprint density at radius 3 is 2.75 bits per heavy atom. The van der Waals surface area contributed by atoms with E-state index in [-0.39, 0.29) is 24.4 Å². The second-order valence-electron chi connectivity index (χ2n) is 6.90. The van der Waals surface area contributed by atoms with Gasteiger partial charge in [0, 0.05) is 15.7 Å². The topological polar surface area (TPSA) is 61.4 Å². The van der Waals surface area contributed by atoms with E-state index in [2.05, 4.69) is 10.6 Å². The van der Waals surface area contributed by atoms with Gasteiger partial charge in [-0.1, -0.05) is 41.4 Å². The van der Waals surface area contributed by atoms with Crippen LogP contribution in [0.25, 0.3) is 0 Å². The molecule has 2 aromatic carbocycles. The minimum atomic E-state index is -0.603. The Morgan fingerprint density at radius 1 is 1.25 bits per heavy atom. The van der Waals surface area contributed by atoms with Crippen LogP contribution in [0, 0.1) is 0 Å². The first-order valence-electron chi connectivity index (χ1n) is 9.21. The highest BCUT2D eigenvalue weighted by Crippen LogP contribution is 2.30. The zero-order valence-electron chi connectivity index (χ0n) is 15.8. The summed E-state index contributed by atoms with van der Waals surface area (Å²) in [4.78, 5) is 27.4. The van der Waals surface area contributed by atoms with E-state index in [1.54, 1.807) is 37.1 Å². The molecule has 0 bridgehead atoms. The van der Waals surface area contributed by atoms with Crippen LogP contribution < -0.4 is 15.5 Å². The zero-order valence-corrected chi connectivity index (χ0v) is 17.3. The lowest BCUT2D eigenvalue weighted by Crippen LogP contribution is -2.52. The van der Waals surface area contributed by atoms with E-state index in [9.17, 15) is 9.59 Å². The van der Waals surface area contributed by atoms with Crippen molar-refractivity contribution in [3.63, 3.8) is 0 Å². The summed E-state index contributed by atoms with van der Waals surface area (Å²) in [5, 5.41) is 6.88. The molecule has 1 unspecified atom stereocenters. The first-order valence-corrected chi connectivity index (χ1v) is 9.97. The maximum Gasteiger partial charge on any atom is 0.249 e. The number of carbonyl (C=O) groups is 2. The summed E-state index contributed by atoms with van der Waals surface area (Å²) in [6.07, 6.45) is 1.23. The molecule has 0 aliphatic carbocycles. The van der Waals surface area contributed by atoms with Crippen LogP contribution in [-0.4, -0.2) is 30.9 Å². The van der Waals surface area contributed by atoms with E-state index in [0.717, 1.165) is 16.8 Å². The number of aryl methyl sites for hydroxylation is 1. The fourth-order valence-electron chi connectivity index (χ4n) is 3.28. The zero-order chi connectivity index (χ0) is 20.3. The van der Waals surface area contributed by atoms with Gasteiger partial charge < -0.3 is 15.5 Å². The predicted molar refractivity (Wildman–Crippen MR) is 113 cm³/mol. The van der Waals surface area contributed by atoms with Gasteiger partial charge in [0.05, 0.1) is 12.6 Å². The molecule has 5 nitrogen and oxygen atoms in total. The van der Waals surface area contributed by atoms with Gasteiger partial charge in [0.1, 0.15) is 6.04 Å². The molecule has 1 aliphatic rings. The summed E-state index contributed by atoms with van der Waals surface area (Å²) in [6, 6.07) is 12.0. The minimum absolute atomic E-state index is 0.155. The van der Waals surface area contributed by atoms with Crippen LogP contribution in [0.4, 0.5) is 5.69 Å². The number of nitrogens with zero attached hydrogens (tertiary/aromatic N) is 1. The lowest BCUT2D eigenvalue weighted by molar-refractivity contribution is -0.128. The largest absolute Gasteiger partial charge is 0.343 e. The third-order valence-corrected chi connectivity index (χ3v) is 5.63. The Kier molecular flexibility index (Phi) is 6.60. The quantitative estimate of drug-likeness (QED) is 0.778. The van der Waals surface area contributed by atoms with Gasteiger partial charge in [0.2, 0.25) is 11.8 Å². The fraction of sp³-hybridized carbons (Fsp3) is 0.333. The number of anilines is 1. The normalized spacial score (nSPS) is 17.6. The summed E-state index contributed by atoms with van der Waals surface area (Å²) in [7, 11) is 1.71. The highest BCUT2D eigenvalue weighted by Gasteiger charge is 2.32. The van der Waals surface area contributed by atoms with Crippen molar-refractivity contribution in [2.24, 2.45) is 0 Å². The molecule has 0 saturated carbocycles. The third-order valence-electron chi connectivity index (χ3n) is 5.03. The lowest BCUT2D eigenvalue weighted by atomic mass is 10.1. The van der Waals surface area contributed by atoms with Gasteiger partial charge in [-0.15, -0.1) is 0 Å². The van der Waals surface area contributed by atoms with E-state index in [4.69, 9.17) is 23.2 Å². The second-order valence-corrected chi connectivity index (χ2v) is 7.74. The van der Waals surface area contributed by atoms with Gasteiger partial charge in [-0.2, -0.15) is 0 Å². The maximum atomic E-state index is 13.4. The molecular formula is C21H23Cl2N3O2. The Hall–Kier alpha value is -2.08. The summed E-state index contributed by atoms with van der Waals surface area (Å²) in [6.45, 7) is 2.04. The van der Waals surface area contributed by atoms with Crippen LogP contribution in [0.5, 0.6) is 0 Å². The molecule has 3 rings (SSSR count). The summed E-state index contributed by atoms with van der Waals surface area (Å²) >= 11 is 12.5. The van der Waals surface area contributed by atoms with Crippen LogP contribution >= 0.6 is 23.2 Å². The monoisotopic (exact) mass is 419 g/mol. The summed E-state index contributed by atoms with van der Waals surface area (Å²) < 4.78 is 0. The molecule has 1 aliphatic heterocycles. The van der Waals surface area contributed by atoms with Gasteiger partial charge in [-0.3, -0.25) is 9.59 Å². The number of nitrogens with one attached hydrogen (secondary N) is 2. The van der Waals surface area contributed by atoms with Crippen molar-refractivity contribution in [1.82, 2.24) is 10.6 Å². The van der Waals surface area contributed by atoms with E-state index < -0.39 is 6.04 Å². The van der Waals surface area contributed by atoms with E-state index in [1.807, 2.05) is 24.3 Å². The molecule has 0 spiro atoms. The lowest BCUT2D eigenvalue weighted by Gasteiger charge is -2.27. The number of amides is 2. The van der Waals surface area contributed by atoms with Gasteiger partial charge in [0.25, 0.3) is 0 Å². The van der Waals surface area contributed by atoms with Crippen molar-refractivity contribution in [3.05, 3.63) is 63.6 Å². The highest BCUT2D eigenvalue weighted by molar-refractivity contribution is 6.33. The van der Waals surface area contributed by atoms with Crippen molar-refractivity contribution in [2.45, 2.75) is 38.4 Å². The Bertz CT molecular complexity index is 888. The second kappa shape index (κ2) is 8.95. The van der Waals surface area contributed by atoms with Gasteiger partial charge in [-0.25, -0.2) is 0 Å². The fourth-order valence-corrected chi connectivity index (χ4v) is 3.65. The van der Waals surface area contributed by atoms with E-state index in [1.165, 1.54) is 0 Å². The van der Waals surface area contributed by atoms with Crippen molar-refractivity contribution < 1.29 is 9.59 Å². The molecule has 0 fully saturated rings. The van der Waals surface area contributed by atoms with Crippen LogP contribution in [0.2, 0.25) is 10.0 Å². The summed E-state index contributed by atoms with van der Waals surface area (Å²) in [5.74, 6) is -0.356. The number of carbonyl (C=O) groups excluding carboxylic acids is 2. The van der Waals surface area contributed by atoms with Crippen molar-refractivity contribution in [2.75, 3.05) is 11.9 Å². The predicted octanol–water partition coefficient (Wildman–Crippen LogP) is 3.57. The smallest absolute Gasteiger partial charge is 0.249 e. The SMILES string of the molecule is CNC(C)C(=O)N[C@H]1CCc2ccccc2N(Cc2cc(Cl)ccc2Cl)C1=O. The summed E-state index contributed by atoms with van der Waals surface area (Å²) in [5.41, 5.74) is 2.65. The van der Waals surface area contributed by atoms with E-state index in [0.29, 0.717) is 22.9 Å². The van der Waals surface area contributed by atoms with Crippen LogP contribution in [0.1, 0.15) is 24.5 Å². The molecule has 28 heavy (non-hydrogen) atoms. The molecule has 0 aromatic heterocycles. The molecule has 0 saturated heterocycles. The molecule has 1 heterocycles. The van der Waals surface area contributed by atoms with Crippen molar-refractivity contribution in [3.8, 4) is 0 Å². The minimum Gasteiger partial charge on any atom is -0.343 e. The molecule has 7 heteroatoms. The Morgan fingerprint density at radius 2 is 2.00 bits per heavy atom. The molecule has 2 atom stereocenters. The number of halogens is 2. The number of benzene rings is 2. The van der Waals surface area contributed by atoms with Crippen LogP contribution in [0.15, 0.2) is 42.5 Å². The van der Waals surface area contributed by atoms with Crippen molar-refractivity contribution in [1.29, 1.82) is 0 Å². The van der Waals surface area contributed by atoms with Crippen LogP contribution in [-0.2, 0) is 22.6 Å².